The molecule has 0 amide bonds. The zero-order valence-electron chi connectivity index (χ0n) is 6.91. The number of nitrogens with zero attached hydrogens (tertiary/aromatic N) is 1. The molecule has 2 N–H and O–H groups in total. The van der Waals surface area contributed by atoms with Crippen molar-refractivity contribution in [1.82, 2.24) is 4.31 Å². The molecule has 8 heteroatoms. The average Bonchev–Trinajstić information content (AvgIpc) is 1.81. The highest BCUT2D eigenvalue weighted by Gasteiger charge is 2.21. The monoisotopic (exact) mass is 232 g/mol. The van der Waals surface area contributed by atoms with Crippen LogP contribution in [0.15, 0.2) is 0 Å². The van der Waals surface area contributed by atoms with Gasteiger partial charge in [0.25, 0.3) is 6.43 Å². The van der Waals surface area contributed by atoms with Gasteiger partial charge in [-0.25, -0.2) is 17.2 Å². The SMILES string of the molecule is CN(CC(F)F)S(=O)(=O)CC(N)=S. The van der Waals surface area contributed by atoms with Crippen LogP contribution < -0.4 is 5.73 Å². The second-order valence-corrected chi connectivity index (χ2v) is 4.99. The summed E-state index contributed by atoms with van der Waals surface area (Å²) < 4.78 is 46.3. The van der Waals surface area contributed by atoms with Crippen molar-refractivity contribution in [2.75, 3.05) is 19.3 Å². The Labute approximate surface area is 80.7 Å². The topological polar surface area (TPSA) is 63.4 Å². The highest BCUT2D eigenvalue weighted by molar-refractivity contribution is 7.92. The van der Waals surface area contributed by atoms with Gasteiger partial charge in [-0.3, -0.25) is 0 Å². The molecule has 0 bridgehead atoms. The number of hydrogen-bond donors (Lipinski definition) is 1. The molecular weight excluding hydrogens is 222 g/mol. The first-order valence-electron chi connectivity index (χ1n) is 3.26. The molecule has 0 saturated heterocycles. The van der Waals surface area contributed by atoms with Gasteiger partial charge in [0.05, 0.1) is 11.5 Å². The van der Waals surface area contributed by atoms with E-state index in [1.54, 1.807) is 0 Å². The van der Waals surface area contributed by atoms with Gasteiger partial charge < -0.3 is 5.73 Å². The van der Waals surface area contributed by atoms with E-state index in [-0.39, 0.29) is 4.99 Å². The van der Waals surface area contributed by atoms with Gasteiger partial charge in [-0.05, 0) is 0 Å². The van der Waals surface area contributed by atoms with E-state index in [2.05, 4.69) is 12.2 Å². The Morgan fingerprint density at radius 1 is 1.62 bits per heavy atom. The molecule has 0 rings (SSSR count). The Hall–Kier alpha value is -0.340. The van der Waals surface area contributed by atoms with Crippen LogP contribution in [0.4, 0.5) is 8.78 Å². The van der Waals surface area contributed by atoms with Crippen LogP contribution in [0.5, 0.6) is 0 Å². The molecule has 0 fully saturated rings. The zero-order chi connectivity index (χ0) is 10.6. The summed E-state index contributed by atoms with van der Waals surface area (Å²) in [6.07, 6.45) is -2.70. The van der Waals surface area contributed by atoms with E-state index < -0.39 is 28.7 Å². The Morgan fingerprint density at radius 2 is 2.08 bits per heavy atom. The molecule has 0 aromatic rings. The summed E-state index contributed by atoms with van der Waals surface area (Å²) in [6.45, 7) is -0.842. The van der Waals surface area contributed by atoms with E-state index in [9.17, 15) is 17.2 Å². The summed E-state index contributed by atoms with van der Waals surface area (Å²) in [5.41, 5.74) is 4.99. The number of sulfonamides is 1. The number of nitrogens with two attached hydrogens (primary N) is 1. The smallest absolute Gasteiger partial charge is 0.252 e. The fourth-order valence-electron chi connectivity index (χ4n) is 0.598. The Bertz CT molecular complexity index is 278. The normalized spacial score (nSPS) is 12.4. The number of halogens is 2. The van der Waals surface area contributed by atoms with E-state index >= 15 is 0 Å². The van der Waals surface area contributed by atoms with Crippen LogP contribution in [0.25, 0.3) is 0 Å². The van der Waals surface area contributed by atoms with Gasteiger partial charge in [-0.15, -0.1) is 0 Å². The van der Waals surface area contributed by atoms with Gasteiger partial charge in [0.2, 0.25) is 10.0 Å². The standard InChI is InChI=1S/C5H10F2N2O2S2/c1-9(2-4(6)7)13(10,11)3-5(8)12/h4H,2-3H2,1H3,(H2,8,12). The maximum absolute atomic E-state index is 11.8. The minimum Gasteiger partial charge on any atom is -0.392 e. The van der Waals surface area contributed by atoms with Crippen LogP contribution in [0.2, 0.25) is 0 Å². The lowest BCUT2D eigenvalue weighted by molar-refractivity contribution is 0.126. The van der Waals surface area contributed by atoms with Gasteiger partial charge in [0.15, 0.2) is 0 Å². The lowest BCUT2D eigenvalue weighted by Crippen LogP contribution is -2.36. The van der Waals surface area contributed by atoms with Crippen LogP contribution in [-0.2, 0) is 10.0 Å². The molecule has 0 aliphatic carbocycles. The fourth-order valence-corrected chi connectivity index (χ4v) is 1.96. The van der Waals surface area contributed by atoms with Gasteiger partial charge >= 0.3 is 0 Å². The third-order valence-corrected chi connectivity index (χ3v) is 3.30. The largest absolute Gasteiger partial charge is 0.392 e. The van der Waals surface area contributed by atoms with Crippen molar-refractivity contribution in [3.63, 3.8) is 0 Å². The lowest BCUT2D eigenvalue weighted by atomic mass is 10.7. The minimum atomic E-state index is -3.77. The third kappa shape index (κ3) is 5.06. The number of alkyl halides is 2. The highest BCUT2D eigenvalue weighted by atomic mass is 32.2. The van der Waals surface area contributed by atoms with Crippen LogP contribution in [0, 0.1) is 0 Å². The minimum absolute atomic E-state index is 0.235. The lowest BCUT2D eigenvalue weighted by Gasteiger charge is -2.15. The molecule has 0 aliphatic rings. The molecule has 0 spiro atoms. The second kappa shape index (κ2) is 4.77. The predicted molar refractivity (Wildman–Crippen MR) is 49.2 cm³/mol. The molecule has 4 nitrogen and oxygen atoms in total. The molecule has 0 unspecified atom stereocenters. The van der Waals surface area contributed by atoms with E-state index in [1.807, 2.05) is 0 Å². The molecule has 0 aliphatic heterocycles. The summed E-state index contributed by atoms with van der Waals surface area (Å²) in [6, 6.07) is 0. The molecule has 0 aromatic carbocycles. The Morgan fingerprint density at radius 3 is 2.38 bits per heavy atom. The predicted octanol–water partition coefficient (Wildman–Crippen LogP) is -0.201. The van der Waals surface area contributed by atoms with Gasteiger partial charge in [0.1, 0.15) is 5.75 Å². The van der Waals surface area contributed by atoms with Crippen LogP contribution >= 0.6 is 12.2 Å². The van der Waals surface area contributed by atoms with Crippen LogP contribution in [0.3, 0.4) is 0 Å². The number of rotatable bonds is 5. The third-order valence-electron chi connectivity index (χ3n) is 1.19. The van der Waals surface area contributed by atoms with Crippen molar-refractivity contribution in [3.8, 4) is 0 Å². The van der Waals surface area contributed by atoms with Crippen molar-refractivity contribution in [3.05, 3.63) is 0 Å². The molecule has 0 saturated carbocycles. The number of hydrogen-bond acceptors (Lipinski definition) is 3. The van der Waals surface area contributed by atoms with Crippen molar-refractivity contribution in [1.29, 1.82) is 0 Å². The van der Waals surface area contributed by atoms with Crippen molar-refractivity contribution in [2.24, 2.45) is 5.73 Å². The number of thiocarbonyl (C=S) groups is 1. The average molecular weight is 232 g/mol. The van der Waals surface area contributed by atoms with Gasteiger partial charge in [-0.2, -0.15) is 4.31 Å². The Kier molecular flexibility index (Phi) is 4.65. The van der Waals surface area contributed by atoms with E-state index in [0.717, 1.165) is 7.05 Å². The zero-order valence-corrected chi connectivity index (χ0v) is 8.54. The summed E-state index contributed by atoms with van der Waals surface area (Å²) >= 11 is 4.36. The van der Waals surface area contributed by atoms with Crippen LogP contribution in [0.1, 0.15) is 0 Å². The quantitative estimate of drug-likeness (QED) is 0.667. The molecule has 0 atom stereocenters. The van der Waals surface area contributed by atoms with E-state index in [0.29, 0.717) is 4.31 Å². The summed E-state index contributed by atoms with van der Waals surface area (Å²) in [5.74, 6) is -0.578. The molecule has 0 heterocycles. The first-order valence-corrected chi connectivity index (χ1v) is 5.28. The summed E-state index contributed by atoms with van der Waals surface area (Å²) in [7, 11) is -2.71. The summed E-state index contributed by atoms with van der Waals surface area (Å²) in [4.78, 5) is -0.235. The molecule has 78 valence electrons. The van der Waals surface area contributed by atoms with Crippen LogP contribution in [-0.4, -0.2) is 43.5 Å². The van der Waals surface area contributed by atoms with Crippen molar-refractivity contribution < 1.29 is 17.2 Å². The molecular formula is C5H10F2N2O2S2. The van der Waals surface area contributed by atoms with E-state index in [1.165, 1.54) is 0 Å². The van der Waals surface area contributed by atoms with E-state index in [4.69, 9.17) is 5.73 Å². The molecule has 13 heavy (non-hydrogen) atoms. The van der Waals surface area contributed by atoms with Gasteiger partial charge in [0, 0.05) is 7.05 Å². The first kappa shape index (κ1) is 12.7. The maximum atomic E-state index is 11.8. The first-order chi connectivity index (χ1) is 5.75. The van der Waals surface area contributed by atoms with Crippen molar-refractivity contribution in [2.45, 2.75) is 6.43 Å². The maximum Gasteiger partial charge on any atom is 0.252 e. The van der Waals surface area contributed by atoms with Crippen molar-refractivity contribution >= 4 is 27.2 Å². The second-order valence-electron chi connectivity index (χ2n) is 2.39. The molecule has 0 radical (unpaired) electrons. The summed E-state index contributed by atoms with van der Waals surface area (Å²) in [5, 5.41) is 0. The molecule has 0 aromatic heterocycles. The fraction of sp³-hybridized carbons (Fsp3) is 0.800. The Balaban J connectivity index is 4.37. The van der Waals surface area contributed by atoms with Gasteiger partial charge in [-0.1, -0.05) is 12.2 Å². The highest BCUT2D eigenvalue weighted by Crippen LogP contribution is 2.02.